The average Bonchev–Trinajstić information content (AvgIpc) is 3.23. The van der Waals surface area contributed by atoms with Crippen LogP contribution in [0.1, 0.15) is 51.4 Å². The summed E-state index contributed by atoms with van der Waals surface area (Å²) in [7, 11) is 0. The molecular weight excluding hydrogens is 418 g/mol. The monoisotopic (exact) mass is 441 g/mol. The Bertz CT molecular complexity index is 879. The maximum atomic E-state index is 12.6. The van der Waals surface area contributed by atoms with Crippen LogP contribution in [-0.4, -0.2) is 63.8 Å². The summed E-state index contributed by atoms with van der Waals surface area (Å²) in [6.07, 6.45) is 1.23. The molecule has 0 unspecified atom stereocenters. The Morgan fingerprint density at radius 3 is 2.76 bits per heavy atom. The first-order valence-corrected chi connectivity index (χ1v) is 10.6. The number of aryl methyl sites for hydroxylation is 2. The van der Waals surface area contributed by atoms with Crippen molar-refractivity contribution in [1.82, 2.24) is 20.3 Å². The molecule has 158 valence electrons. The van der Waals surface area contributed by atoms with Gasteiger partial charge in [-0.2, -0.15) is 0 Å². The zero-order chi connectivity index (χ0) is 21.1. The number of carboxylic acid groups (broad SMARTS) is 1. The number of ether oxygens (including phenoxy) is 1. The highest BCUT2D eigenvalue weighted by atomic mass is 35.5. The number of piperidine rings is 1. The number of halogens is 1. The van der Waals surface area contributed by atoms with Crippen molar-refractivity contribution in [2.75, 3.05) is 24.6 Å². The first-order valence-electron chi connectivity index (χ1n) is 9.40. The van der Waals surface area contributed by atoms with E-state index in [0.29, 0.717) is 42.6 Å². The molecule has 0 aromatic carbocycles. The first-order chi connectivity index (χ1) is 13.8. The zero-order valence-corrected chi connectivity index (χ0v) is 18.1. The third-order valence-electron chi connectivity index (χ3n) is 4.70. The molecule has 3 rings (SSSR count). The summed E-state index contributed by atoms with van der Waals surface area (Å²) in [4.78, 5) is 37.5. The molecular formula is C18H24ClN5O4S. The minimum atomic E-state index is -0.973. The lowest BCUT2D eigenvalue weighted by Gasteiger charge is -2.38. The number of amides is 1. The van der Waals surface area contributed by atoms with Crippen LogP contribution in [0.5, 0.6) is 0 Å². The Hall–Kier alpha value is -2.17. The van der Waals surface area contributed by atoms with Crippen LogP contribution in [0.3, 0.4) is 0 Å². The Kier molecular flexibility index (Phi) is 6.76. The van der Waals surface area contributed by atoms with Crippen molar-refractivity contribution < 1.29 is 19.4 Å². The smallest absolute Gasteiger partial charge is 0.347 e. The van der Waals surface area contributed by atoms with Crippen LogP contribution in [0.4, 0.5) is 5.13 Å². The number of thiazole rings is 1. The molecule has 1 fully saturated rings. The van der Waals surface area contributed by atoms with E-state index in [4.69, 9.17) is 16.3 Å². The lowest BCUT2D eigenvalue weighted by Crippen LogP contribution is -2.55. The molecule has 1 aliphatic rings. The maximum Gasteiger partial charge on any atom is 0.347 e. The summed E-state index contributed by atoms with van der Waals surface area (Å²) in [5, 5.41) is 13.2. The quantitative estimate of drug-likeness (QED) is 0.603. The first kappa shape index (κ1) is 21.5. The molecule has 0 spiro atoms. The van der Waals surface area contributed by atoms with E-state index in [1.165, 1.54) is 0 Å². The van der Waals surface area contributed by atoms with Crippen LogP contribution < -0.4 is 10.2 Å². The van der Waals surface area contributed by atoms with E-state index in [1.54, 1.807) is 13.8 Å². The predicted octanol–water partition coefficient (Wildman–Crippen LogP) is 2.64. The number of anilines is 1. The number of rotatable bonds is 7. The van der Waals surface area contributed by atoms with Gasteiger partial charge in [-0.3, -0.25) is 4.79 Å². The summed E-state index contributed by atoms with van der Waals surface area (Å²) < 4.78 is 5.99. The Balaban J connectivity index is 1.72. The fraction of sp³-hybridized carbons (Fsp3) is 0.556. The SMILES string of the molecule is CCCO[C@H]1CN(c2nc(C)c(C(=O)O)s2)CC[C@H]1NC(=O)c1nc(Cl)c(C)[nH]1. The van der Waals surface area contributed by atoms with E-state index in [2.05, 4.69) is 20.3 Å². The van der Waals surface area contributed by atoms with E-state index >= 15 is 0 Å². The molecule has 0 saturated carbocycles. The third kappa shape index (κ3) is 4.88. The maximum absolute atomic E-state index is 12.6. The lowest BCUT2D eigenvalue weighted by molar-refractivity contribution is 0.0204. The van der Waals surface area contributed by atoms with Gasteiger partial charge in [-0.15, -0.1) is 0 Å². The average molecular weight is 442 g/mol. The summed E-state index contributed by atoms with van der Waals surface area (Å²) >= 11 is 7.10. The minimum absolute atomic E-state index is 0.172. The van der Waals surface area contributed by atoms with E-state index in [9.17, 15) is 14.7 Å². The topological polar surface area (TPSA) is 120 Å². The summed E-state index contributed by atoms with van der Waals surface area (Å²) in [6.45, 7) is 7.16. The van der Waals surface area contributed by atoms with Crippen molar-refractivity contribution >= 4 is 39.9 Å². The molecule has 9 nitrogen and oxygen atoms in total. The second kappa shape index (κ2) is 9.10. The highest BCUT2D eigenvalue weighted by Crippen LogP contribution is 2.29. The fourth-order valence-electron chi connectivity index (χ4n) is 3.19. The standard InChI is InChI=1S/C18H24ClN5O4S/c1-4-7-28-12-8-24(18-21-9(2)13(29-18)17(26)27)6-5-11(12)22-16(25)15-20-10(3)14(19)23-15/h11-12H,4-8H2,1-3H3,(H,20,23)(H,22,25)(H,26,27)/t11-,12+/m1/s1. The highest BCUT2D eigenvalue weighted by molar-refractivity contribution is 7.17. The number of aromatic nitrogens is 3. The number of imidazole rings is 1. The number of nitrogens with one attached hydrogen (secondary N) is 2. The van der Waals surface area contributed by atoms with Gasteiger partial charge in [0.2, 0.25) is 0 Å². The fourth-order valence-corrected chi connectivity index (χ4v) is 4.27. The molecule has 2 aromatic rings. The number of H-pyrrole nitrogens is 1. The summed E-state index contributed by atoms with van der Waals surface area (Å²) in [6, 6.07) is -0.200. The van der Waals surface area contributed by atoms with Crippen LogP contribution in [0.25, 0.3) is 0 Å². The van der Waals surface area contributed by atoms with Crippen molar-refractivity contribution in [3.8, 4) is 0 Å². The number of carbonyl (C=O) groups excluding carboxylic acids is 1. The van der Waals surface area contributed by atoms with Gasteiger partial charge in [0, 0.05) is 19.7 Å². The molecule has 3 N–H and O–H groups in total. The largest absolute Gasteiger partial charge is 0.477 e. The van der Waals surface area contributed by atoms with Crippen molar-refractivity contribution in [2.24, 2.45) is 0 Å². The number of carboxylic acids is 1. The number of aromatic amines is 1. The lowest BCUT2D eigenvalue weighted by atomic mass is 10.0. The normalized spacial score (nSPS) is 19.4. The van der Waals surface area contributed by atoms with Gasteiger partial charge in [0.15, 0.2) is 16.1 Å². The number of aromatic carboxylic acids is 1. The van der Waals surface area contributed by atoms with E-state index < -0.39 is 5.97 Å². The Morgan fingerprint density at radius 1 is 1.41 bits per heavy atom. The Morgan fingerprint density at radius 2 is 2.17 bits per heavy atom. The van der Waals surface area contributed by atoms with Gasteiger partial charge in [-0.25, -0.2) is 14.8 Å². The van der Waals surface area contributed by atoms with Crippen molar-refractivity contribution in [3.63, 3.8) is 0 Å². The molecule has 1 amide bonds. The van der Waals surface area contributed by atoms with Gasteiger partial charge in [-0.05, 0) is 26.7 Å². The molecule has 2 atom stereocenters. The van der Waals surface area contributed by atoms with Crippen LogP contribution >= 0.6 is 22.9 Å². The number of hydrogen-bond acceptors (Lipinski definition) is 7. The van der Waals surface area contributed by atoms with Gasteiger partial charge >= 0.3 is 5.97 Å². The predicted molar refractivity (Wildman–Crippen MR) is 110 cm³/mol. The van der Waals surface area contributed by atoms with Gasteiger partial charge in [0.05, 0.1) is 23.5 Å². The molecule has 1 saturated heterocycles. The molecule has 2 aromatic heterocycles. The highest BCUT2D eigenvalue weighted by Gasteiger charge is 2.33. The number of carbonyl (C=O) groups is 2. The van der Waals surface area contributed by atoms with E-state index in [1.807, 2.05) is 11.8 Å². The molecule has 11 heteroatoms. The second-order valence-electron chi connectivity index (χ2n) is 6.94. The minimum Gasteiger partial charge on any atom is -0.477 e. The second-order valence-corrected chi connectivity index (χ2v) is 8.28. The Labute approximate surface area is 177 Å². The molecule has 1 aliphatic heterocycles. The van der Waals surface area contributed by atoms with Gasteiger partial charge < -0.3 is 25.0 Å². The van der Waals surface area contributed by atoms with E-state index in [0.717, 1.165) is 17.8 Å². The van der Waals surface area contributed by atoms with Gasteiger partial charge in [0.25, 0.3) is 5.91 Å². The third-order valence-corrected chi connectivity index (χ3v) is 6.28. The van der Waals surface area contributed by atoms with Gasteiger partial charge in [-0.1, -0.05) is 29.9 Å². The van der Waals surface area contributed by atoms with Crippen LogP contribution in [0.2, 0.25) is 5.15 Å². The van der Waals surface area contributed by atoms with Crippen molar-refractivity contribution in [2.45, 2.75) is 45.8 Å². The van der Waals surface area contributed by atoms with Gasteiger partial charge in [0.1, 0.15) is 4.88 Å². The zero-order valence-electron chi connectivity index (χ0n) is 16.5. The summed E-state index contributed by atoms with van der Waals surface area (Å²) in [5.41, 5.74) is 1.14. The number of hydrogen-bond donors (Lipinski definition) is 3. The van der Waals surface area contributed by atoms with E-state index in [-0.39, 0.29) is 33.9 Å². The molecule has 29 heavy (non-hydrogen) atoms. The molecule has 3 heterocycles. The van der Waals surface area contributed by atoms with Crippen molar-refractivity contribution in [3.05, 3.63) is 27.2 Å². The molecule has 0 aliphatic carbocycles. The van der Waals surface area contributed by atoms with Crippen molar-refractivity contribution in [1.29, 1.82) is 0 Å². The summed E-state index contributed by atoms with van der Waals surface area (Å²) in [5.74, 6) is -1.13. The van der Waals surface area contributed by atoms with Crippen LogP contribution in [-0.2, 0) is 4.74 Å². The number of nitrogens with zero attached hydrogens (tertiary/aromatic N) is 3. The van der Waals surface area contributed by atoms with Crippen LogP contribution in [0.15, 0.2) is 0 Å². The molecule has 0 radical (unpaired) electrons. The molecule has 0 bridgehead atoms. The van der Waals surface area contributed by atoms with Crippen LogP contribution in [0, 0.1) is 13.8 Å².